The number of hydrogen-bond donors (Lipinski definition) is 4. The van der Waals surface area contributed by atoms with Crippen LogP contribution in [0.4, 0.5) is 11.1 Å². The van der Waals surface area contributed by atoms with E-state index in [1.54, 1.807) is 13.2 Å². The summed E-state index contributed by atoms with van der Waals surface area (Å²) < 4.78 is 0. The second-order valence-corrected chi connectivity index (χ2v) is 3.78. The highest BCUT2D eigenvalue weighted by atomic mass is 35.5. The third-order valence-electron chi connectivity index (χ3n) is 1.81. The van der Waals surface area contributed by atoms with Crippen molar-refractivity contribution in [3.63, 3.8) is 0 Å². The molecular weight excluding hydrogens is 297 g/mol. The van der Waals surface area contributed by atoms with E-state index in [9.17, 15) is 0 Å². The van der Waals surface area contributed by atoms with Crippen LogP contribution in [0.2, 0.25) is 0 Å². The van der Waals surface area contributed by atoms with Gasteiger partial charge in [-0.1, -0.05) is 0 Å². The number of imidazole rings is 1. The summed E-state index contributed by atoms with van der Waals surface area (Å²) >= 11 is 1.36. The number of thiazole rings is 1. The molecule has 2 heterocycles. The fourth-order valence-corrected chi connectivity index (χ4v) is 1.83. The zero-order valence-electron chi connectivity index (χ0n) is 9.38. The summed E-state index contributed by atoms with van der Waals surface area (Å²) in [7, 11) is 1.79. The number of aromatic amines is 1. The van der Waals surface area contributed by atoms with Crippen LogP contribution in [-0.4, -0.2) is 28.0 Å². The van der Waals surface area contributed by atoms with Crippen molar-refractivity contribution >= 4 is 53.2 Å². The van der Waals surface area contributed by atoms with Gasteiger partial charge >= 0.3 is 0 Å². The normalized spacial score (nSPS) is 8.94. The van der Waals surface area contributed by atoms with Crippen molar-refractivity contribution in [3.05, 3.63) is 11.6 Å². The Bertz CT molecular complexity index is 517. The Morgan fingerprint density at radius 1 is 1.44 bits per heavy atom. The van der Waals surface area contributed by atoms with E-state index < -0.39 is 0 Å². The van der Waals surface area contributed by atoms with Gasteiger partial charge in [-0.25, -0.2) is 9.97 Å². The van der Waals surface area contributed by atoms with Crippen LogP contribution in [0, 0.1) is 0 Å². The fourth-order valence-electron chi connectivity index (χ4n) is 1.13. The van der Waals surface area contributed by atoms with Crippen molar-refractivity contribution < 1.29 is 0 Å². The SMILES string of the molecule is CNc1ncc(-c2csc(N=C(N)N)n2)[nH]1.Cl.Cl. The Kier molecular flexibility index (Phi) is 6.45. The van der Waals surface area contributed by atoms with Gasteiger partial charge in [0.25, 0.3) is 0 Å². The number of halogens is 2. The highest BCUT2D eigenvalue weighted by Gasteiger charge is 2.06. The maximum Gasteiger partial charge on any atom is 0.212 e. The molecule has 0 spiro atoms. The van der Waals surface area contributed by atoms with Crippen molar-refractivity contribution in [3.8, 4) is 11.4 Å². The second-order valence-electron chi connectivity index (χ2n) is 2.95. The average molecular weight is 310 g/mol. The van der Waals surface area contributed by atoms with Crippen molar-refractivity contribution in [2.45, 2.75) is 0 Å². The van der Waals surface area contributed by atoms with Crippen LogP contribution < -0.4 is 16.8 Å². The summed E-state index contributed by atoms with van der Waals surface area (Å²) in [5, 5.41) is 5.28. The minimum absolute atomic E-state index is 0. The van der Waals surface area contributed by atoms with Gasteiger partial charge in [0.1, 0.15) is 5.69 Å². The lowest BCUT2D eigenvalue weighted by Crippen LogP contribution is -2.21. The van der Waals surface area contributed by atoms with E-state index in [-0.39, 0.29) is 30.8 Å². The molecule has 0 saturated carbocycles. The Balaban J connectivity index is 0.00000144. The van der Waals surface area contributed by atoms with Gasteiger partial charge in [-0.15, -0.1) is 36.2 Å². The van der Waals surface area contributed by atoms with Gasteiger partial charge in [0.15, 0.2) is 11.9 Å². The van der Waals surface area contributed by atoms with Crippen LogP contribution in [0.25, 0.3) is 11.4 Å². The molecule has 0 aliphatic rings. The van der Waals surface area contributed by atoms with Gasteiger partial charge in [-0.2, -0.15) is 4.99 Å². The quantitative estimate of drug-likeness (QED) is 0.504. The van der Waals surface area contributed by atoms with E-state index >= 15 is 0 Å². The zero-order valence-corrected chi connectivity index (χ0v) is 11.8. The smallest absolute Gasteiger partial charge is 0.212 e. The van der Waals surface area contributed by atoms with E-state index in [2.05, 4.69) is 25.3 Å². The summed E-state index contributed by atoms with van der Waals surface area (Å²) in [6.07, 6.45) is 1.69. The maximum absolute atomic E-state index is 5.26. The zero-order chi connectivity index (χ0) is 11.5. The molecule has 6 N–H and O–H groups in total. The summed E-state index contributed by atoms with van der Waals surface area (Å²) in [5.74, 6) is 0.688. The van der Waals surface area contributed by atoms with E-state index in [4.69, 9.17) is 11.5 Å². The van der Waals surface area contributed by atoms with E-state index in [1.807, 2.05) is 5.38 Å². The molecule has 2 aromatic rings. The molecule has 0 bridgehead atoms. The standard InChI is InChI=1S/C8H11N7S.2ClH/c1-11-7-12-2-4(13-7)5-3-16-8(14-5)15-6(9)10;;/h2-3H,1H3,(H2,11,12,13)(H4,9,10,14,15);2*1H. The largest absolute Gasteiger partial charge is 0.370 e. The summed E-state index contributed by atoms with van der Waals surface area (Å²) in [5.41, 5.74) is 12.1. The molecule has 0 saturated heterocycles. The van der Waals surface area contributed by atoms with Crippen molar-refractivity contribution in [2.75, 3.05) is 12.4 Å². The van der Waals surface area contributed by atoms with Crippen LogP contribution in [0.3, 0.4) is 0 Å². The number of nitrogens with two attached hydrogens (primary N) is 2. The Labute approximate surface area is 120 Å². The molecule has 18 heavy (non-hydrogen) atoms. The predicted molar refractivity (Wildman–Crippen MR) is 79.2 cm³/mol. The molecule has 0 unspecified atom stereocenters. The van der Waals surface area contributed by atoms with E-state index in [0.717, 1.165) is 11.4 Å². The predicted octanol–water partition coefficient (Wildman–Crippen LogP) is 1.32. The molecule has 0 fully saturated rings. The lowest BCUT2D eigenvalue weighted by Gasteiger charge is -1.91. The average Bonchev–Trinajstić information content (AvgIpc) is 2.83. The van der Waals surface area contributed by atoms with Crippen molar-refractivity contribution in [2.24, 2.45) is 16.5 Å². The monoisotopic (exact) mass is 309 g/mol. The Morgan fingerprint density at radius 2 is 2.17 bits per heavy atom. The van der Waals surface area contributed by atoms with Crippen LogP contribution in [0.15, 0.2) is 16.6 Å². The molecule has 0 aliphatic heterocycles. The highest BCUT2D eigenvalue weighted by Crippen LogP contribution is 2.25. The lowest BCUT2D eigenvalue weighted by atomic mass is 10.4. The first kappa shape index (κ1) is 16.5. The number of aromatic nitrogens is 3. The second kappa shape index (κ2) is 7.04. The molecule has 0 amide bonds. The first-order valence-electron chi connectivity index (χ1n) is 4.47. The topological polar surface area (TPSA) is 118 Å². The number of rotatable bonds is 3. The molecular formula is C8H13Cl2N7S. The van der Waals surface area contributed by atoms with Gasteiger partial charge < -0.3 is 21.8 Å². The van der Waals surface area contributed by atoms with Crippen LogP contribution in [0.1, 0.15) is 0 Å². The third kappa shape index (κ3) is 3.76. The summed E-state index contributed by atoms with van der Waals surface area (Å²) in [6.45, 7) is 0. The summed E-state index contributed by atoms with van der Waals surface area (Å²) in [6, 6.07) is 0. The minimum atomic E-state index is 0. The Morgan fingerprint density at radius 3 is 2.72 bits per heavy atom. The minimum Gasteiger partial charge on any atom is -0.370 e. The number of aliphatic imine (C=N–C) groups is 1. The van der Waals surface area contributed by atoms with Crippen LogP contribution in [-0.2, 0) is 0 Å². The fraction of sp³-hybridized carbons (Fsp3) is 0.125. The molecule has 0 aromatic carbocycles. The lowest BCUT2D eigenvalue weighted by molar-refractivity contribution is 1.25. The number of guanidine groups is 1. The molecule has 0 aliphatic carbocycles. The van der Waals surface area contributed by atoms with Gasteiger partial charge in [0.2, 0.25) is 5.13 Å². The first-order valence-corrected chi connectivity index (χ1v) is 5.35. The number of anilines is 1. The molecule has 2 rings (SSSR count). The van der Waals surface area contributed by atoms with Gasteiger partial charge in [0, 0.05) is 12.4 Å². The molecule has 0 atom stereocenters. The first-order chi connectivity index (χ1) is 7.69. The van der Waals surface area contributed by atoms with Gasteiger partial charge in [-0.3, -0.25) is 0 Å². The molecule has 0 radical (unpaired) electrons. The highest BCUT2D eigenvalue weighted by molar-refractivity contribution is 7.13. The van der Waals surface area contributed by atoms with Crippen molar-refractivity contribution in [1.29, 1.82) is 0 Å². The van der Waals surface area contributed by atoms with E-state index in [0.29, 0.717) is 11.1 Å². The maximum atomic E-state index is 5.26. The summed E-state index contributed by atoms with van der Waals surface area (Å²) in [4.78, 5) is 15.3. The molecule has 2 aromatic heterocycles. The van der Waals surface area contributed by atoms with E-state index in [1.165, 1.54) is 11.3 Å². The Hall–Kier alpha value is -1.51. The van der Waals surface area contributed by atoms with Crippen molar-refractivity contribution in [1.82, 2.24) is 15.0 Å². The van der Waals surface area contributed by atoms with Crippen LogP contribution in [0.5, 0.6) is 0 Å². The van der Waals surface area contributed by atoms with Gasteiger partial charge in [0.05, 0.1) is 11.9 Å². The number of nitrogens with one attached hydrogen (secondary N) is 2. The molecule has 10 heteroatoms. The number of H-pyrrole nitrogens is 1. The number of nitrogens with zero attached hydrogens (tertiary/aromatic N) is 3. The molecule has 7 nitrogen and oxygen atoms in total. The third-order valence-corrected chi connectivity index (χ3v) is 2.54. The van der Waals surface area contributed by atoms with Gasteiger partial charge in [-0.05, 0) is 0 Å². The number of hydrogen-bond acceptors (Lipinski definition) is 5. The van der Waals surface area contributed by atoms with Crippen LogP contribution >= 0.6 is 36.2 Å². The molecule has 100 valence electrons.